The van der Waals surface area contributed by atoms with Gasteiger partial charge in [-0.2, -0.15) is 10.5 Å². The van der Waals surface area contributed by atoms with Crippen LogP contribution in [0.1, 0.15) is 33.4 Å². The van der Waals surface area contributed by atoms with Crippen LogP contribution in [0.15, 0.2) is 72.8 Å². The van der Waals surface area contributed by atoms with Crippen molar-refractivity contribution >= 4 is 24.3 Å². The van der Waals surface area contributed by atoms with Crippen LogP contribution in [0.4, 0.5) is 0 Å². The van der Waals surface area contributed by atoms with Gasteiger partial charge in [0, 0.05) is 0 Å². The van der Waals surface area contributed by atoms with E-state index in [4.69, 9.17) is 10.5 Å². The number of hydrogen-bond donors (Lipinski definition) is 0. The minimum absolute atomic E-state index is 0.663. The second-order valence-electron chi connectivity index (χ2n) is 5.77. The van der Waals surface area contributed by atoms with Crippen LogP contribution in [-0.2, 0) is 0 Å². The van der Waals surface area contributed by atoms with Crippen LogP contribution in [0.5, 0.6) is 0 Å². The van der Waals surface area contributed by atoms with Crippen molar-refractivity contribution in [2.45, 2.75) is 0 Å². The van der Waals surface area contributed by atoms with Gasteiger partial charge in [-0.05, 0) is 40.5 Å². The molecule has 0 aliphatic carbocycles. The quantitative estimate of drug-likeness (QED) is 0.569. The molecule has 0 atom stereocenters. The van der Waals surface area contributed by atoms with E-state index in [-0.39, 0.29) is 0 Å². The Labute approximate surface area is 153 Å². The van der Waals surface area contributed by atoms with E-state index in [9.17, 15) is 0 Å². The van der Waals surface area contributed by atoms with Crippen molar-refractivity contribution in [2.24, 2.45) is 0 Å². The smallest absolute Gasteiger partial charge is 0.0997 e. The summed E-state index contributed by atoms with van der Waals surface area (Å²) in [5.41, 5.74) is 5.49. The summed E-state index contributed by atoms with van der Waals surface area (Å²) in [5, 5.41) is 17.9. The summed E-state index contributed by atoms with van der Waals surface area (Å²) in [4.78, 5) is 0. The highest BCUT2D eigenvalue weighted by atomic mass is 14.2. The summed E-state index contributed by atoms with van der Waals surface area (Å²) in [5.74, 6) is 0. The number of rotatable bonds is 4. The Morgan fingerprint density at radius 1 is 0.538 bits per heavy atom. The molecule has 0 saturated heterocycles. The Morgan fingerprint density at radius 3 is 1.58 bits per heavy atom. The molecule has 0 aliphatic rings. The highest BCUT2D eigenvalue weighted by molar-refractivity contribution is 5.74. The first-order valence-electron chi connectivity index (χ1n) is 8.24. The summed E-state index contributed by atoms with van der Waals surface area (Å²) in [7, 11) is 0. The molecule has 3 aromatic carbocycles. The van der Waals surface area contributed by atoms with Crippen molar-refractivity contribution < 1.29 is 0 Å². The fraction of sp³-hybridized carbons (Fsp3) is 0. The molecule has 2 heteroatoms. The van der Waals surface area contributed by atoms with Crippen LogP contribution in [0.2, 0.25) is 0 Å². The zero-order valence-corrected chi connectivity index (χ0v) is 14.1. The molecule has 0 radical (unpaired) electrons. The molecule has 26 heavy (non-hydrogen) atoms. The molecule has 0 unspecified atom stereocenters. The average Bonchev–Trinajstić information content (AvgIpc) is 2.72. The standard InChI is InChI=1S/C24H16N2/c25-17-22-13-11-20(12-14-22)6-5-19-7-9-21(10-8-19)15-16-23-3-1-2-4-24(23)18-26/h1-16H/b6-5-,16-15+. The van der Waals surface area contributed by atoms with E-state index in [1.54, 1.807) is 0 Å². The van der Waals surface area contributed by atoms with E-state index in [1.165, 1.54) is 0 Å². The maximum atomic E-state index is 9.13. The third kappa shape index (κ3) is 4.35. The predicted octanol–water partition coefficient (Wildman–Crippen LogP) is 5.77. The molecule has 0 amide bonds. The van der Waals surface area contributed by atoms with E-state index in [2.05, 4.69) is 24.3 Å². The Hall–Kier alpha value is -3.88. The minimum Gasteiger partial charge on any atom is -0.192 e. The molecular weight excluding hydrogens is 316 g/mol. The van der Waals surface area contributed by atoms with Crippen molar-refractivity contribution in [3.05, 3.63) is 106 Å². The van der Waals surface area contributed by atoms with E-state index >= 15 is 0 Å². The molecule has 0 spiro atoms. The van der Waals surface area contributed by atoms with E-state index in [0.29, 0.717) is 11.1 Å². The lowest BCUT2D eigenvalue weighted by molar-refractivity contribution is 1.47. The zero-order chi connectivity index (χ0) is 18.2. The van der Waals surface area contributed by atoms with Crippen molar-refractivity contribution in [3.63, 3.8) is 0 Å². The number of nitriles is 2. The maximum absolute atomic E-state index is 9.13. The van der Waals surface area contributed by atoms with Crippen LogP contribution in [-0.4, -0.2) is 0 Å². The lowest BCUT2D eigenvalue weighted by atomic mass is 10.1. The lowest BCUT2D eigenvalue weighted by Gasteiger charge is -1.99. The molecular formula is C24H16N2. The molecule has 0 heterocycles. The summed E-state index contributed by atoms with van der Waals surface area (Å²) in [6.07, 6.45) is 8.03. The highest BCUT2D eigenvalue weighted by Crippen LogP contribution is 2.14. The molecule has 0 N–H and O–H groups in total. The lowest BCUT2D eigenvalue weighted by Crippen LogP contribution is -1.80. The van der Waals surface area contributed by atoms with E-state index in [0.717, 1.165) is 22.3 Å². The first-order chi connectivity index (χ1) is 12.8. The third-order valence-corrected chi connectivity index (χ3v) is 3.98. The van der Waals surface area contributed by atoms with E-state index in [1.807, 2.05) is 85.0 Å². The Balaban J connectivity index is 1.70. The molecule has 3 rings (SSSR count). The van der Waals surface area contributed by atoms with Gasteiger partial charge in [-0.1, -0.05) is 78.9 Å². The molecule has 0 aromatic heterocycles. The van der Waals surface area contributed by atoms with Crippen LogP contribution in [0, 0.1) is 22.7 Å². The van der Waals surface area contributed by atoms with Gasteiger partial charge in [0.1, 0.15) is 0 Å². The normalized spacial score (nSPS) is 10.7. The second-order valence-corrected chi connectivity index (χ2v) is 5.77. The van der Waals surface area contributed by atoms with Gasteiger partial charge in [-0.3, -0.25) is 0 Å². The fourth-order valence-electron chi connectivity index (χ4n) is 2.51. The molecule has 0 bridgehead atoms. The van der Waals surface area contributed by atoms with Crippen LogP contribution >= 0.6 is 0 Å². The van der Waals surface area contributed by atoms with Gasteiger partial charge in [0.2, 0.25) is 0 Å². The maximum Gasteiger partial charge on any atom is 0.0997 e. The van der Waals surface area contributed by atoms with E-state index < -0.39 is 0 Å². The third-order valence-electron chi connectivity index (χ3n) is 3.98. The van der Waals surface area contributed by atoms with Gasteiger partial charge in [0.05, 0.1) is 23.3 Å². The topological polar surface area (TPSA) is 47.6 Å². The first-order valence-corrected chi connectivity index (χ1v) is 8.24. The average molecular weight is 332 g/mol. The van der Waals surface area contributed by atoms with Crippen molar-refractivity contribution in [2.75, 3.05) is 0 Å². The van der Waals surface area contributed by atoms with Gasteiger partial charge >= 0.3 is 0 Å². The summed E-state index contributed by atoms with van der Waals surface area (Å²) < 4.78 is 0. The minimum atomic E-state index is 0.663. The van der Waals surface area contributed by atoms with Crippen LogP contribution < -0.4 is 0 Å². The number of benzene rings is 3. The SMILES string of the molecule is N#Cc1ccc(/C=C\c2ccc(/C=C/c3ccccc3C#N)cc2)cc1. The van der Waals surface area contributed by atoms with Gasteiger partial charge in [-0.15, -0.1) is 0 Å². The second kappa shape index (κ2) is 8.29. The van der Waals surface area contributed by atoms with Crippen molar-refractivity contribution in [1.82, 2.24) is 0 Å². The number of nitrogens with zero attached hydrogens (tertiary/aromatic N) is 2. The molecule has 0 fully saturated rings. The molecule has 0 aliphatic heterocycles. The molecule has 2 nitrogen and oxygen atoms in total. The molecule has 0 saturated carbocycles. The number of hydrogen-bond acceptors (Lipinski definition) is 2. The molecule has 122 valence electrons. The monoisotopic (exact) mass is 332 g/mol. The fourth-order valence-corrected chi connectivity index (χ4v) is 2.51. The van der Waals surface area contributed by atoms with Gasteiger partial charge in [0.25, 0.3) is 0 Å². The largest absolute Gasteiger partial charge is 0.192 e. The Kier molecular flexibility index (Phi) is 5.41. The van der Waals surface area contributed by atoms with Crippen molar-refractivity contribution in [1.29, 1.82) is 10.5 Å². The predicted molar refractivity (Wildman–Crippen MR) is 107 cm³/mol. The van der Waals surface area contributed by atoms with Gasteiger partial charge < -0.3 is 0 Å². The summed E-state index contributed by atoms with van der Waals surface area (Å²) in [6, 6.07) is 27.5. The summed E-state index contributed by atoms with van der Waals surface area (Å²) in [6.45, 7) is 0. The van der Waals surface area contributed by atoms with Gasteiger partial charge in [-0.25, -0.2) is 0 Å². The Morgan fingerprint density at radius 2 is 1.04 bits per heavy atom. The zero-order valence-electron chi connectivity index (χ0n) is 14.1. The first kappa shape index (κ1) is 17.0. The van der Waals surface area contributed by atoms with Gasteiger partial charge in [0.15, 0.2) is 0 Å². The summed E-state index contributed by atoms with van der Waals surface area (Å²) >= 11 is 0. The van der Waals surface area contributed by atoms with Crippen molar-refractivity contribution in [3.8, 4) is 12.1 Å². The van der Waals surface area contributed by atoms with Crippen LogP contribution in [0.25, 0.3) is 24.3 Å². The van der Waals surface area contributed by atoms with Crippen LogP contribution in [0.3, 0.4) is 0 Å². The highest BCUT2D eigenvalue weighted by Gasteiger charge is 1.96. The molecule has 3 aromatic rings. The Bertz CT molecular complexity index is 1030.